The number of carbonyl (C=O) groups excluding carboxylic acids is 1. The molecule has 12 nitrogen and oxygen atoms in total. The van der Waals surface area contributed by atoms with Crippen LogP contribution in [0.3, 0.4) is 0 Å². The first-order valence-electron chi connectivity index (χ1n) is 11.1. The smallest absolute Gasteiger partial charge is 0.311 e. The van der Waals surface area contributed by atoms with Gasteiger partial charge in [0.25, 0.3) is 0 Å². The van der Waals surface area contributed by atoms with Gasteiger partial charge in [0.05, 0.1) is 36.0 Å². The molecule has 9 N–H and O–H groups in total. The summed E-state index contributed by atoms with van der Waals surface area (Å²) in [5.74, 6) is -5.03. The van der Waals surface area contributed by atoms with Gasteiger partial charge >= 0.3 is 11.9 Å². The number of carboxylic acids is 2. The number of rotatable bonds is 9. The fourth-order valence-corrected chi connectivity index (χ4v) is 4.14. The highest BCUT2D eigenvalue weighted by Crippen LogP contribution is 2.44. The summed E-state index contributed by atoms with van der Waals surface area (Å²) in [6.45, 7) is 0. The van der Waals surface area contributed by atoms with Crippen LogP contribution < -0.4 is 16.2 Å². The summed E-state index contributed by atoms with van der Waals surface area (Å²) in [6, 6.07) is 11.8. The Balaban J connectivity index is 2.03. The lowest BCUT2D eigenvalue weighted by molar-refractivity contribution is -0.145. The minimum atomic E-state index is -1.47. The number of ether oxygens (including phenoxy) is 1. The molecule has 1 atom stereocenters. The van der Waals surface area contributed by atoms with Crippen molar-refractivity contribution in [2.75, 3.05) is 7.11 Å². The van der Waals surface area contributed by atoms with E-state index in [1.54, 1.807) is 18.2 Å². The van der Waals surface area contributed by atoms with E-state index >= 15 is 0 Å². The number of hydrogen-bond acceptors (Lipinski definition) is 7. The van der Waals surface area contributed by atoms with Gasteiger partial charge in [0.2, 0.25) is 5.91 Å². The summed E-state index contributed by atoms with van der Waals surface area (Å²) in [6.07, 6.45) is -0.723. The van der Waals surface area contributed by atoms with Crippen molar-refractivity contribution in [3.8, 4) is 34.0 Å². The van der Waals surface area contributed by atoms with Crippen LogP contribution in [-0.2, 0) is 9.59 Å². The lowest BCUT2D eigenvalue weighted by Crippen LogP contribution is -2.16. The van der Waals surface area contributed by atoms with Crippen molar-refractivity contribution in [2.24, 2.45) is 11.5 Å². The number of aliphatic carboxylic acids is 2. The largest absolute Gasteiger partial charge is 0.507 e. The lowest BCUT2D eigenvalue weighted by atomic mass is 9.89. The Bertz CT molecular complexity index is 1630. The van der Waals surface area contributed by atoms with Gasteiger partial charge in [-0.25, -0.2) is 4.98 Å². The molecule has 0 saturated carbocycles. The molecule has 0 aliphatic carbocycles. The zero-order valence-electron chi connectivity index (χ0n) is 20.0. The SMILES string of the molecule is COc1ccc(C(N)=O)cc1-c1cc(C(CC(=O)O)C(=O)O)cc(-c2nc3cc(C(=N)N)ccc3[nH]2)c1O. The first-order chi connectivity index (χ1) is 18.0. The fourth-order valence-electron chi connectivity index (χ4n) is 4.14. The highest BCUT2D eigenvalue weighted by Gasteiger charge is 2.28. The Morgan fingerprint density at radius 1 is 1.00 bits per heavy atom. The monoisotopic (exact) mass is 517 g/mol. The molecule has 1 amide bonds. The van der Waals surface area contributed by atoms with E-state index in [1.807, 2.05) is 0 Å². The molecular weight excluding hydrogens is 494 g/mol. The van der Waals surface area contributed by atoms with Gasteiger partial charge in [0, 0.05) is 22.3 Å². The van der Waals surface area contributed by atoms with Crippen molar-refractivity contribution in [3.63, 3.8) is 0 Å². The van der Waals surface area contributed by atoms with Crippen molar-refractivity contribution in [3.05, 3.63) is 65.2 Å². The van der Waals surface area contributed by atoms with Crippen LogP contribution in [-0.4, -0.2) is 56.1 Å². The zero-order chi connectivity index (χ0) is 27.7. The molecular formula is C26H23N5O7. The van der Waals surface area contributed by atoms with Gasteiger partial charge in [-0.1, -0.05) is 0 Å². The second kappa shape index (κ2) is 9.93. The highest BCUT2D eigenvalue weighted by molar-refractivity contribution is 5.99. The average molecular weight is 517 g/mol. The molecule has 12 heteroatoms. The third-order valence-corrected chi connectivity index (χ3v) is 6.03. The third kappa shape index (κ3) is 4.82. The summed E-state index contributed by atoms with van der Waals surface area (Å²) in [4.78, 5) is 42.9. The van der Waals surface area contributed by atoms with Crippen LogP contribution in [0.2, 0.25) is 0 Å². The molecule has 0 fully saturated rings. The number of imidazole rings is 1. The predicted molar refractivity (Wildman–Crippen MR) is 137 cm³/mol. The number of aromatic hydroxyl groups is 1. The Kier molecular flexibility index (Phi) is 6.72. The number of aromatic amines is 1. The van der Waals surface area contributed by atoms with Crippen molar-refractivity contribution in [1.82, 2.24) is 9.97 Å². The normalized spacial score (nSPS) is 11.7. The topological polar surface area (TPSA) is 226 Å². The summed E-state index contributed by atoms with van der Waals surface area (Å²) in [5, 5.41) is 38.2. The molecule has 38 heavy (non-hydrogen) atoms. The van der Waals surface area contributed by atoms with E-state index in [-0.39, 0.29) is 51.0 Å². The van der Waals surface area contributed by atoms with Gasteiger partial charge in [-0.3, -0.25) is 19.8 Å². The first-order valence-corrected chi connectivity index (χ1v) is 11.1. The van der Waals surface area contributed by atoms with E-state index in [0.29, 0.717) is 16.6 Å². The molecule has 4 rings (SSSR count). The maximum atomic E-state index is 12.1. The Morgan fingerprint density at radius 3 is 2.29 bits per heavy atom. The van der Waals surface area contributed by atoms with Crippen molar-refractivity contribution < 1.29 is 34.4 Å². The molecule has 1 aromatic heterocycles. The number of aromatic nitrogens is 2. The number of fused-ring (bicyclic) bond motifs is 1. The van der Waals surface area contributed by atoms with E-state index in [0.717, 1.165) is 0 Å². The van der Waals surface area contributed by atoms with Crippen LogP contribution in [0, 0.1) is 5.41 Å². The Morgan fingerprint density at radius 2 is 1.68 bits per heavy atom. The number of carboxylic acid groups (broad SMARTS) is 2. The standard InChI is InChI=1S/C26H23N5O7/c1-38-20-5-3-12(24(29)35)6-15(20)16-7-13(14(26(36)37)10-21(32)33)8-17(22(16)34)25-30-18-4-2-11(23(27)28)9-19(18)31-25/h2-9,14,34H,10H2,1H3,(H3,27,28)(H2,29,35)(H,30,31)(H,32,33)(H,36,37). The van der Waals surface area contributed by atoms with Crippen LogP contribution >= 0.6 is 0 Å². The quantitative estimate of drug-likeness (QED) is 0.128. The molecule has 0 saturated heterocycles. The summed E-state index contributed by atoms with van der Waals surface area (Å²) >= 11 is 0. The molecule has 194 valence electrons. The minimum absolute atomic E-state index is 0.0685. The molecule has 4 aromatic rings. The van der Waals surface area contributed by atoms with E-state index in [4.69, 9.17) is 21.6 Å². The predicted octanol–water partition coefficient (Wildman–Crippen LogP) is 2.64. The number of phenolic OH excluding ortho intramolecular Hbond substituents is 1. The van der Waals surface area contributed by atoms with Gasteiger partial charge in [0.1, 0.15) is 23.2 Å². The number of carbonyl (C=O) groups is 3. The number of nitrogen functional groups attached to an aromatic ring is 1. The van der Waals surface area contributed by atoms with Gasteiger partial charge in [0.15, 0.2) is 0 Å². The highest BCUT2D eigenvalue weighted by atomic mass is 16.5. The summed E-state index contributed by atoms with van der Waals surface area (Å²) in [5.41, 5.74) is 12.9. The number of amidine groups is 1. The molecule has 0 aliphatic rings. The number of nitrogens with zero attached hydrogens (tertiary/aromatic N) is 1. The maximum Gasteiger partial charge on any atom is 0.311 e. The number of hydrogen-bond donors (Lipinski definition) is 7. The first kappa shape index (κ1) is 25.7. The van der Waals surface area contributed by atoms with E-state index in [2.05, 4.69) is 9.97 Å². The molecule has 1 unspecified atom stereocenters. The zero-order valence-corrected chi connectivity index (χ0v) is 20.0. The van der Waals surface area contributed by atoms with Gasteiger partial charge in [-0.05, 0) is 54.1 Å². The van der Waals surface area contributed by atoms with Crippen molar-refractivity contribution in [1.29, 1.82) is 5.41 Å². The lowest BCUT2D eigenvalue weighted by Gasteiger charge is -2.18. The number of methoxy groups -OCH3 is 1. The number of nitrogens with one attached hydrogen (secondary N) is 2. The number of nitrogens with two attached hydrogens (primary N) is 2. The second-order valence-corrected chi connectivity index (χ2v) is 8.46. The number of primary amides is 1. The number of amides is 1. The molecule has 1 heterocycles. The molecule has 0 aliphatic heterocycles. The average Bonchev–Trinajstić information content (AvgIpc) is 3.30. The minimum Gasteiger partial charge on any atom is -0.507 e. The Labute approximate surface area is 215 Å². The number of phenols is 1. The summed E-state index contributed by atoms with van der Waals surface area (Å²) in [7, 11) is 1.38. The van der Waals surface area contributed by atoms with Crippen LogP contribution in [0.15, 0.2) is 48.5 Å². The maximum absolute atomic E-state index is 12.1. The number of H-pyrrole nitrogens is 1. The van der Waals surface area contributed by atoms with Crippen LogP contribution in [0.4, 0.5) is 0 Å². The molecule has 3 aromatic carbocycles. The molecule has 0 radical (unpaired) electrons. The van der Waals surface area contributed by atoms with Crippen LogP contribution in [0.25, 0.3) is 33.5 Å². The molecule has 0 bridgehead atoms. The summed E-state index contributed by atoms with van der Waals surface area (Å²) < 4.78 is 5.40. The van der Waals surface area contributed by atoms with E-state index in [1.165, 1.54) is 37.4 Å². The van der Waals surface area contributed by atoms with Crippen LogP contribution in [0.1, 0.15) is 33.8 Å². The van der Waals surface area contributed by atoms with E-state index < -0.39 is 30.2 Å². The van der Waals surface area contributed by atoms with E-state index in [9.17, 15) is 29.7 Å². The van der Waals surface area contributed by atoms with Gasteiger partial charge in [-0.2, -0.15) is 0 Å². The second-order valence-electron chi connectivity index (χ2n) is 8.46. The van der Waals surface area contributed by atoms with Crippen molar-refractivity contribution >= 4 is 34.7 Å². The third-order valence-electron chi connectivity index (χ3n) is 6.03. The van der Waals surface area contributed by atoms with Gasteiger partial charge in [-0.15, -0.1) is 0 Å². The van der Waals surface area contributed by atoms with Crippen LogP contribution in [0.5, 0.6) is 11.5 Å². The molecule has 0 spiro atoms. The number of benzene rings is 3. The van der Waals surface area contributed by atoms with Crippen molar-refractivity contribution in [2.45, 2.75) is 12.3 Å². The van der Waals surface area contributed by atoms with Gasteiger partial charge < -0.3 is 36.5 Å². The fraction of sp³-hybridized carbons (Fsp3) is 0.115. The Hall–Kier alpha value is -5.39.